The number of carbonyl (C=O) groups is 1. The first-order chi connectivity index (χ1) is 7.09. The summed E-state index contributed by atoms with van der Waals surface area (Å²) < 4.78 is 5.87. The number of benzene rings is 1. The third kappa shape index (κ3) is 4.59. The molecule has 0 fully saturated rings. The van der Waals surface area contributed by atoms with Crippen LogP contribution in [0.4, 0.5) is 0 Å². The number of hydrogen-bond acceptors (Lipinski definition) is 3. The monoisotopic (exact) mass is 322 g/mol. The van der Waals surface area contributed by atoms with Crippen molar-refractivity contribution in [2.75, 3.05) is 13.2 Å². The van der Waals surface area contributed by atoms with Gasteiger partial charge in [-0.1, -0.05) is 12.1 Å². The maximum atomic E-state index is 10.2. The van der Waals surface area contributed by atoms with Crippen molar-refractivity contribution in [2.24, 2.45) is 0 Å². The van der Waals surface area contributed by atoms with E-state index in [9.17, 15) is 9.90 Å². The lowest BCUT2D eigenvalue weighted by Gasteiger charge is -2.10. The molecule has 0 aliphatic heterocycles. The van der Waals surface area contributed by atoms with Gasteiger partial charge in [-0.05, 0) is 40.3 Å². The summed E-state index contributed by atoms with van der Waals surface area (Å²) in [6.45, 7) is -0.395. The molecule has 4 nitrogen and oxygen atoms in total. The number of carboxylic acid groups (broad SMARTS) is 1. The average Bonchev–Trinajstić information content (AvgIpc) is 2.18. The number of carboxylic acids is 1. The van der Waals surface area contributed by atoms with Gasteiger partial charge in [-0.2, -0.15) is 0 Å². The van der Waals surface area contributed by atoms with E-state index in [0.29, 0.717) is 0 Å². The topological polar surface area (TPSA) is 66.8 Å². The summed E-state index contributed by atoms with van der Waals surface area (Å²) in [5.41, 5.74) is 0.723. The zero-order valence-electron chi connectivity index (χ0n) is 7.89. The third-order valence-electron chi connectivity index (χ3n) is 1.76. The van der Waals surface area contributed by atoms with Gasteiger partial charge >= 0.3 is 5.97 Å². The first-order valence-corrected chi connectivity index (χ1v) is 5.40. The Labute approximate surface area is 101 Å². The lowest BCUT2D eigenvalue weighted by atomic mass is 10.1. The molecule has 1 aromatic carbocycles. The highest BCUT2D eigenvalue weighted by Gasteiger charge is 2.08. The van der Waals surface area contributed by atoms with Crippen LogP contribution in [0, 0.1) is 3.57 Å². The van der Waals surface area contributed by atoms with E-state index in [4.69, 9.17) is 9.84 Å². The minimum absolute atomic E-state index is 0.00705. The second kappa shape index (κ2) is 6.04. The van der Waals surface area contributed by atoms with E-state index in [0.717, 1.165) is 9.13 Å². The van der Waals surface area contributed by atoms with Crippen LogP contribution in [-0.2, 0) is 9.53 Å². The van der Waals surface area contributed by atoms with Crippen molar-refractivity contribution in [3.05, 3.63) is 33.4 Å². The molecule has 0 saturated carbocycles. The van der Waals surface area contributed by atoms with Crippen LogP contribution in [0.2, 0.25) is 0 Å². The Morgan fingerprint density at radius 3 is 2.53 bits per heavy atom. The summed E-state index contributed by atoms with van der Waals surface area (Å²) in [4.78, 5) is 10.2. The van der Waals surface area contributed by atoms with Crippen LogP contribution in [0.5, 0.6) is 0 Å². The molecule has 0 amide bonds. The molecule has 0 spiro atoms. The summed E-state index contributed by atoms with van der Waals surface area (Å²) >= 11 is 2.17. The van der Waals surface area contributed by atoms with Crippen molar-refractivity contribution in [1.29, 1.82) is 0 Å². The van der Waals surface area contributed by atoms with Crippen molar-refractivity contribution in [3.63, 3.8) is 0 Å². The van der Waals surface area contributed by atoms with Crippen molar-refractivity contribution in [1.82, 2.24) is 0 Å². The first-order valence-electron chi connectivity index (χ1n) is 4.32. The van der Waals surface area contributed by atoms with Crippen LogP contribution in [0.1, 0.15) is 11.7 Å². The van der Waals surface area contributed by atoms with E-state index in [1.807, 2.05) is 12.1 Å². The summed E-state index contributed by atoms with van der Waals surface area (Å²) in [5, 5.41) is 17.9. The fourth-order valence-corrected chi connectivity index (χ4v) is 1.40. The molecule has 2 N–H and O–H groups in total. The van der Waals surface area contributed by atoms with Gasteiger partial charge in [-0.3, -0.25) is 0 Å². The van der Waals surface area contributed by atoms with Crippen LogP contribution in [0.25, 0.3) is 0 Å². The van der Waals surface area contributed by atoms with E-state index in [1.54, 1.807) is 12.1 Å². The van der Waals surface area contributed by atoms with Crippen LogP contribution in [0.15, 0.2) is 24.3 Å². The summed E-state index contributed by atoms with van der Waals surface area (Å²) in [6.07, 6.45) is -0.777. The van der Waals surface area contributed by atoms with E-state index >= 15 is 0 Å². The van der Waals surface area contributed by atoms with E-state index in [-0.39, 0.29) is 13.2 Å². The Bertz CT molecular complexity index is 323. The number of halogens is 1. The number of rotatable bonds is 5. The molecule has 1 atom stereocenters. The Balaban J connectivity index is 2.43. The summed E-state index contributed by atoms with van der Waals surface area (Å²) in [5.74, 6) is -1.04. The number of ether oxygens (including phenoxy) is 1. The quantitative estimate of drug-likeness (QED) is 0.805. The van der Waals surface area contributed by atoms with Crippen molar-refractivity contribution >= 4 is 28.6 Å². The minimum atomic E-state index is -1.04. The van der Waals surface area contributed by atoms with E-state index < -0.39 is 12.1 Å². The number of aliphatic hydroxyl groups excluding tert-OH is 1. The zero-order chi connectivity index (χ0) is 11.3. The molecule has 0 saturated heterocycles. The summed E-state index contributed by atoms with van der Waals surface area (Å²) in [7, 11) is 0. The molecule has 0 heterocycles. The Kier molecular flexibility index (Phi) is 5.00. The van der Waals surface area contributed by atoms with Crippen LogP contribution in [-0.4, -0.2) is 29.4 Å². The standard InChI is InChI=1S/C10H11IO4/c11-8-3-1-7(2-4-8)9(12)5-15-6-10(13)14/h1-4,9,12H,5-6H2,(H,13,14). The van der Waals surface area contributed by atoms with Gasteiger partial charge in [0.15, 0.2) is 0 Å². The molecule has 0 bridgehead atoms. The molecule has 0 radical (unpaired) electrons. The highest BCUT2D eigenvalue weighted by molar-refractivity contribution is 14.1. The lowest BCUT2D eigenvalue weighted by molar-refractivity contribution is -0.143. The van der Waals surface area contributed by atoms with Crippen LogP contribution < -0.4 is 0 Å². The van der Waals surface area contributed by atoms with Gasteiger partial charge in [0.25, 0.3) is 0 Å². The highest BCUT2D eigenvalue weighted by Crippen LogP contribution is 2.14. The Hall–Kier alpha value is -0.660. The fourth-order valence-electron chi connectivity index (χ4n) is 1.04. The number of aliphatic carboxylic acids is 1. The lowest BCUT2D eigenvalue weighted by Crippen LogP contribution is -2.13. The Morgan fingerprint density at radius 1 is 1.40 bits per heavy atom. The molecular formula is C10H11IO4. The molecule has 0 aliphatic carbocycles. The van der Waals surface area contributed by atoms with Gasteiger partial charge in [0.1, 0.15) is 12.7 Å². The fraction of sp³-hybridized carbons (Fsp3) is 0.300. The Morgan fingerprint density at radius 2 is 2.00 bits per heavy atom. The number of hydrogen-bond donors (Lipinski definition) is 2. The van der Waals surface area contributed by atoms with Gasteiger partial charge in [-0.25, -0.2) is 4.79 Å². The molecule has 0 aliphatic rings. The predicted molar refractivity (Wildman–Crippen MR) is 62.6 cm³/mol. The second-order valence-corrected chi connectivity index (χ2v) is 4.22. The van der Waals surface area contributed by atoms with Gasteiger partial charge < -0.3 is 14.9 Å². The zero-order valence-corrected chi connectivity index (χ0v) is 10.0. The molecule has 1 unspecified atom stereocenters. The first kappa shape index (κ1) is 12.4. The van der Waals surface area contributed by atoms with E-state index in [1.165, 1.54) is 0 Å². The van der Waals surface area contributed by atoms with E-state index in [2.05, 4.69) is 22.6 Å². The smallest absolute Gasteiger partial charge is 0.329 e. The maximum Gasteiger partial charge on any atom is 0.329 e. The molecular weight excluding hydrogens is 311 g/mol. The van der Waals surface area contributed by atoms with Crippen LogP contribution in [0.3, 0.4) is 0 Å². The van der Waals surface area contributed by atoms with Crippen molar-refractivity contribution in [2.45, 2.75) is 6.10 Å². The van der Waals surface area contributed by atoms with Crippen molar-refractivity contribution < 1.29 is 19.7 Å². The molecule has 1 aromatic rings. The largest absolute Gasteiger partial charge is 0.480 e. The molecule has 15 heavy (non-hydrogen) atoms. The number of aliphatic hydroxyl groups is 1. The average molecular weight is 322 g/mol. The summed E-state index contributed by atoms with van der Waals surface area (Å²) in [6, 6.07) is 7.32. The van der Waals surface area contributed by atoms with Crippen LogP contribution >= 0.6 is 22.6 Å². The molecule has 1 rings (SSSR count). The SMILES string of the molecule is O=C(O)COCC(O)c1ccc(I)cc1. The van der Waals surface area contributed by atoms with Gasteiger partial charge in [0, 0.05) is 3.57 Å². The third-order valence-corrected chi connectivity index (χ3v) is 2.48. The second-order valence-electron chi connectivity index (χ2n) is 2.98. The highest BCUT2D eigenvalue weighted by atomic mass is 127. The van der Waals surface area contributed by atoms with Gasteiger partial charge in [0.05, 0.1) is 6.61 Å². The maximum absolute atomic E-state index is 10.2. The minimum Gasteiger partial charge on any atom is -0.480 e. The normalized spacial score (nSPS) is 12.4. The molecule has 82 valence electrons. The van der Waals surface area contributed by atoms with Gasteiger partial charge in [0.2, 0.25) is 0 Å². The van der Waals surface area contributed by atoms with Crippen molar-refractivity contribution in [3.8, 4) is 0 Å². The van der Waals surface area contributed by atoms with Gasteiger partial charge in [-0.15, -0.1) is 0 Å². The predicted octanol–water partition coefficient (Wildman–Crippen LogP) is 1.43. The molecule has 0 aromatic heterocycles. The molecule has 5 heteroatoms.